The minimum atomic E-state index is -4.06. The Bertz CT molecular complexity index is 475. The third kappa shape index (κ3) is 3.44. The number of hydrogen-bond donors (Lipinski definition) is 2. The van der Waals surface area contributed by atoms with Crippen molar-refractivity contribution in [1.82, 2.24) is 0 Å². The molecule has 0 aliphatic rings. The van der Waals surface area contributed by atoms with E-state index >= 15 is 0 Å². The van der Waals surface area contributed by atoms with Gasteiger partial charge in [-0.15, -0.1) is 0 Å². The van der Waals surface area contributed by atoms with Crippen LogP contribution >= 0.6 is 0 Å². The Morgan fingerprint density at radius 1 is 1.14 bits per heavy atom. The van der Waals surface area contributed by atoms with Gasteiger partial charge in [-0.25, -0.2) is 8.42 Å². The fraction of sp³-hybridized carbons (Fsp3) is 0.143. The third-order valence-electron chi connectivity index (χ3n) is 1.50. The summed E-state index contributed by atoms with van der Waals surface area (Å²) in [5.41, 5.74) is 0.341. The van der Waals surface area contributed by atoms with Crippen molar-refractivity contribution in [1.29, 1.82) is 0 Å². The summed E-state index contributed by atoms with van der Waals surface area (Å²) in [6.07, 6.45) is 0. The fourth-order valence-corrected chi connectivity index (χ4v) is 1.93. The van der Waals surface area contributed by atoms with E-state index in [1.54, 1.807) is 0 Å². The van der Waals surface area contributed by atoms with Gasteiger partial charge >= 0.3 is 0 Å². The monoisotopic (exact) mass is 236 g/mol. The Balaban J connectivity index is 2.95. The number of thiol groups is 1. The van der Waals surface area contributed by atoms with Crippen molar-refractivity contribution in [2.75, 3.05) is 0 Å². The van der Waals surface area contributed by atoms with E-state index in [0.717, 1.165) is 0 Å². The first-order valence-electron chi connectivity index (χ1n) is 3.57. The first kappa shape index (κ1) is 11.2. The van der Waals surface area contributed by atoms with Crippen LogP contribution < -0.4 is 0 Å². The van der Waals surface area contributed by atoms with E-state index in [1.165, 1.54) is 24.3 Å². The second kappa shape index (κ2) is 4.07. The molecule has 0 radical (unpaired) electrons. The predicted octanol–water partition coefficient (Wildman–Crippen LogP) is 0.0447. The standard InChI is InChI=1S/C7H8O5S2/c8-13(9)7-3-1-6(2-4-7)5-14(10,11)12/h1-4,13H,5H2,(H,10,11,12). The molecule has 5 nitrogen and oxygen atoms in total. The van der Waals surface area contributed by atoms with Crippen LogP contribution in [-0.4, -0.2) is 21.4 Å². The third-order valence-corrected chi connectivity index (χ3v) is 2.91. The summed E-state index contributed by atoms with van der Waals surface area (Å²) in [6, 6.07) is 5.25. The zero-order valence-corrected chi connectivity index (χ0v) is 8.66. The van der Waals surface area contributed by atoms with Crippen molar-refractivity contribution < 1.29 is 21.4 Å². The molecule has 0 saturated heterocycles. The Morgan fingerprint density at radius 3 is 2.00 bits per heavy atom. The summed E-state index contributed by atoms with van der Waals surface area (Å²) in [4.78, 5) is 0.110. The summed E-state index contributed by atoms with van der Waals surface area (Å²) in [6.45, 7) is 0. The molecule has 0 aromatic heterocycles. The van der Waals surface area contributed by atoms with Crippen molar-refractivity contribution >= 4 is 20.8 Å². The molecule has 78 valence electrons. The van der Waals surface area contributed by atoms with Gasteiger partial charge in [0.05, 0.1) is 4.90 Å². The molecule has 0 bridgehead atoms. The molecule has 0 atom stereocenters. The smallest absolute Gasteiger partial charge is 0.269 e. The summed E-state index contributed by atoms with van der Waals surface area (Å²) >= 11 is 0. The molecule has 0 heterocycles. The normalized spacial score (nSPS) is 11.9. The first-order valence-corrected chi connectivity index (χ1v) is 6.35. The molecule has 0 aliphatic carbocycles. The Labute approximate surface area is 83.1 Å². The molecular weight excluding hydrogens is 228 g/mol. The van der Waals surface area contributed by atoms with Crippen LogP contribution in [0, 0.1) is 0 Å². The Morgan fingerprint density at radius 2 is 1.64 bits per heavy atom. The highest BCUT2D eigenvalue weighted by Crippen LogP contribution is 2.08. The van der Waals surface area contributed by atoms with Gasteiger partial charge in [0.2, 0.25) is 0 Å². The SMILES string of the molecule is O=[SH](=O)c1ccc(CS(=O)(=O)O)cc1. The molecule has 0 aliphatic heterocycles. The topological polar surface area (TPSA) is 88.5 Å². The minimum absolute atomic E-state index is 0.110. The van der Waals surface area contributed by atoms with Gasteiger partial charge in [0, 0.05) is 0 Å². The maximum atomic E-state index is 10.5. The van der Waals surface area contributed by atoms with Crippen molar-refractivity contribution in [2.45, 2.75) is 10.6 Å². The lowest BCUT2D eigenvalue weighted by atomic mass is 10.2. The molecule has 14 heavy (non-hydrogen) atoms. The van der Waals surface area contributed by atoms with Crippen molar-refractivity contribution in [3.05, 3.63) is 29.8 Å². The van der Waals surface area contributed by atoms with Gasteiger partial charge < -0.3 is 0 Å². The quantitative estimate of drug-likeness (QED) is 0.571. The zero-order chi connectivity index (χ0) is 10.8. The average Bonchev–Trinajstić information content (AvgIpc) is 2.02. The van der Waals surface area contributed by atoms with E-state index in [9.17, 15) is 16.8 Å². The van der Waals surface area contributed by atoms with E-state index in [2.05, 4.69) is 0 Å². The van der Waals surface area contributed by atoms with Gasteiger partial charge in [0.1, 0.15) is 5.75 Å². The van der Waals surface area contributed by atoms with Gasteiger partial charge in [-0.05, 0) is 17.7 Å². The second-order valence-electron chi connectivity index (χ2n) is 2.65. The zero-order valence-electron chi connectivity index (χ0n) is 6.95. The molecule has 1 aromatic carbocycles. The van der Waals surface area contributed by atoms with Crippen molar-refractivity contribution in [2.24, 2.45) is 0 Å². The summed E-state index contributed by atoms with van der Waals surface area (Å²) in [5.74, 6) is -0.511. The maximum Gasteiger partial charge on any atom is 0.269 e. The van der Waals surface area contributed by atoms with Crippen LogP contribution in [0.3, 0.4) is 0 Å². The van der Waals surface area contributed by atoms with Crippen LogP contribution in [0.5, 0.6) is 0 Å². The fourth-order valence-electron chi connectivity index (χ4n) is 0.925. The Hall–Kier alpha value is -0.920. The van der Waals surface area contributed by atoms with E-state index in [0.29, 0.717) is 5.56 Å². The number of rotatable bonds is 3. The lowest BCUT2D eigenvalue weighted by Crippen LogP contribution is -2.01. The molecule has 7 heteroatoms. The lowest BCUT2D eigenvalue weighted by Gasteiger charge is -1.97. The largest absolute Gasteiger partial charge is 0.285 e. The predicted molar refractivity (Wildman–Crippen MR) is 50.3 cm³/mol. The molecule has 0 amide bonds. The van der Waals surface area contributed by atoms with Crippen LogP contribution in [0.25, 0.3) is 0 Å². The maximum absolute atomic E-state index is 10.5. The number of hydrogen-bond acceptors (Lipinski definition) is 4. The average molecular weight is 236 g/mol. The minimum Gasteiger partial charge on any atom is -0.285 e. The molecule has 1 N–H and O–H groups in total. The molecule has 0 fully saturated rings. The van der Waals surface area contributed by atoms with Crippen LogP contribution in [0.2, 0.25) is 0 Å². The van der Waals surface area contributed by atoms with E-state index < -0.39 is 26.6 Å². The van der Waals surface area contributed by atoms with Gasteiger partial charge in [0.25, 0.3) is 10.1 Å². The highest BCUT2D eigenvalue weighted by molar-refractivity contribution is 7.85. The van der Waals surface area contributed by atoms with Crippen LogP contribution in [-0.2, 0) is 26.6 Å². The van der Waals surface area contributed by atoms with Crippen LogP contribution in [0.4, 0.5) is 0 Å². The van der Waals surface area contributed by atoms with Gasteiger partial charge in [-0.1, -0.05) is 12.1 Å². The highest BCUT2D eigenvalue weighted by Gasteiger charge is 2.06. The second-order valence-corrected chi connectivity index (χ2v) is 5.13. The Kier molecular flexibility index (Phi) is 3.25. The van der Waals surface area contributed by atoms with Gasteiger partial charge in [-0.2, -0.15) is 8.42 Å². The first-order chi connectivity index (χ1) is 6.38. The summed E-state index contributed by atoms with van der Waals surface area (Å²) in [7, 11) is -6.71. The van der Waals surface area contributed by atoms with Gasteiger partial charge in [0.15, 0.2) is 10.7 Å². The van der Waals surface area contributed by atoms with Crippen molar-refractivity contribution in [3.63, 3.8) is 0 Å². The molecule has 1 aromatic rings. The van der Waals surface area contributed by atoms with Crippen molar-refractivity contribution in [3.8, 4) is 0 Å². The number of benzene rings is 1. The van der Waals surface area contributed by atoms with Crippen LogP contribution in [0.15, 0.2) is 29.2 Å². The molecule has 0 saturated carbocycles. The summed E-state index contributed by atoms with van der Waals surface area (Å²) in [5, 5.41) is 0. The molecule has 0 spiro atoms. The van der Waals surface area contributed by atoms with Gasteiger partial charge in [-0.3, -0.25) is 4.55 Å². The lowest BCUT2D eigenvalue weighted by molar-refractivity contribution is 0.482. The van der Waals surface area contributed by atoms with E-state index in [-0.39, 0.29) is 4.90 Å². The van der Waals surface area contributed by atoms with E-state index in [4.69, 9.17) is 4.55 Å². The molecular formula is C7H8O5S2. The van der Waals surface area contributed by atoms with Crippen LogP contribution in [0.1, 0.15) is 5.56 Å². The molecule has 0 unspecified atom stereocenters. The summed E-state index contributed by atoms with van der Waals surface area (Å²) < 4.78 is 50.3. The molecule has 1 rings (SSSR count). The highest BCUT2D eigenvalue weighted by atomic mass is 32.2. The van der Waals surface area contributed by atoms with E-state index in [1.807, 2.05) is 0 Å².